The van der Waals surface area contributed by atoms with E-state index in [4.69, 9.17) is 4.74 Å². The maximum Gasteiger partial charge on any atom is 0.251 e. The van der Waals surface area contributed by atoms with Crippen molar-refractivity contribution >= 4 is 17.5 Å². The highest BCUT2D eigenvalue weighted by Gasteiger charge is 2.22. The van der Waals surface area contributed by atoms with Crippen LogP contribution in [0.5, 0.6) is 5.75 Å². The summed E-state index contributed by atoms with van der Waals surface area (Å²) in [5.74, 6) is 0.688. The van der Waals surface area contributed by atoms with Crippen LogP contribution in [0, 0.1) is 5.92 Å². The number of nitrogens with one attached hydrogen (secondary N) is 3. The first kappa shape index (κ1) is 24.3. The first-order chi connectivity index (χ1) is 14.9. The molecule has 0 bridgehead atoms. The molecule has 0 heterocycles. The van der Waals surface area contributed by atoms with E-state index in [9.17, 15) is 9.59 Å². The Hall–Kier alpha value is -3.02. The van der Waals surface area contributed by atoms with Crippen LogP contribution < -0.4 is 20.7 Å². The van der Waals surface area contributed by atoms with E-state index in [-0.39, 0.29) is 17.7 Å². The molecule has 0 saturated carbocycles. The van der Waals surface area contributed by atoms with Gasteiger partial charge in [0.1, 0.15) is 11.8 Å². The fourth-order valence-corrected chi connectivity index (χ4v) is 3.28. The van der Waals surface area contributed by atoms with E-state index in [1.807, 2.05) is 62.4 Å². The number of carbonyl (C=O) groups excluding carboxylic acids is 2. The highest BCUT2D eigenvalue weighted by Crippen LogP contribution is 2.14. The summed E-state index contributed by atoms with van der Waals surface area (Å²) in [5.41, 5.74) is 2.73. The Morgan fingerprint density at radius 2 is 1.65 bits per heavy atom. The minimum Gasteiger partial charge on any atom is -0.497 e. The number of ether oxygens (including phenoxy) is 1. The van der Waals surface area contributed by atoms with Crippen molar-refractivity contribution in [3.05, 3.63) is 59.7 Å². The summed E-state index contributed by atoms with van der Waals surface area (Å²) in [6.07, 6.45) is 2.64. The molecule has 0 unspecified atom stereocenters. The number of hydrogen-bond donors (Lipinski definition) is 3. The quantitative estimate of drug-likeness (QED) is 0.449. The van der Waals surface area contributed by atoms with Gasteiger partial charge in [-0.15, -0.1) is 0 Å². The van der Waals surface area contributed by atoms with Gasteiger partial charge in [0.2, 0.25) is 5.91 Å². The van der Waals surface area contributed by atoms with Crippen LogP contribution >= 0.6 is 0 Å². The van der Waals surface area contributed by atoms with Crippen molar-refractivity contribution in [1.29, 1.82) is 0 Å². The Balaban J connectivity index is 1.86. The first-order valence-corrected chi connectivity index (χ1v) is 11.0. The predicted octanol–water partition coefficient (Wildman–Crippen LogP) is 4.02. The van der Waals surface area contributed by atoms with Crippen molar-refractivity contribution in [3.63, 3.8) is 0 Å². The summed E-state index contributed by atoms with van der Waals surface area (Å²) in [6, 6.07) is 14.6. The van der Waals surface area contributed by atoms with E-state index in [0.29, 0.717) is 25.1 Å². The molecule has 1 atom stereocenters. The highest BCUT2D eigenvalue weighted by atomic mass is 16.5. The van der Waals surface area contributed by atoms with Crippen molar-refractivity contribution in [3.8, 4) is 5.75 Å². The van der Waals surface area contributed by atoms with E-state index in [0.717, 1.165) is 24.3 Å². The third-order valence-corrected chi connectivity index (χ3v) is 4.93. The van der Waals surface area contributed by atoms with Crippen LogP contribution in [0.2, 0.25) is 0 Å². The number of carbonyl (C=O) groups is 2. The molecule has 0 aliphatic heterocycles. The summed E-state index contributed by atoms with van der Waals surface area (Å²) in [6.45, 7) is 7.25. The maximum atomic E-state index is 12.7. The molecular weight excluding hydrogens is 390 g/mol. The summed E-state index contributed by atoms with van der Waals surface area (Å²) in [5, 5.41) is 9.08. The Kier molecular flexibility index (Phi) is 9.88. The number of aryl methyl sites for hydroxylation is 1. The molecule has 2 aromatic carbocycles. The highest BCUT2D eigenvalue weighted by molar-refractivity contribution is 5.97. The number of benzene rings is 2. The predicted molar refractivity (Wildman–Crippen MR) is 126 cm³/mol. The van der Waals surface area contributed by atoms with Crippen LogP contribution in [-0.2, 0) is 11.2 Å². The number of amides is 2. The molecule has 0 aliphatic rings. The molecule has 168 valence electrons. The average Bonchev–Trinajstić information content (AvgIpc) is 2.77. The Morgan fingerprint density at radius 1 is 0.968 bits per heavy atom. The van der Waals surface area contributed by atoms with Crippen molar-refractivity contribution in [2.45, 2.75) is 46.1 Å². The number of hydrogen-bond acceptors (Lipinski definition) is 4. The zero-order chi connectivity index (χ0) is 22.6. The topological polar surface area (TPSA) is 79.5 Å². The summed E-state index contributed by atoms with van der Waals surface area (Å²) in [4.78, 5) is 25.4. The van der Waals surface area contributed by atoms with Crippen LogP contribution in [0.3, 0.4) is 0 Å². The average molecular weight is 426 g/mol. The van der Waals surface area contributed by atoms with Crippen LogP contribution in [0.15, 0.2) is 48.5 Å². The normalized spacial score (nSPS) is 11.6. The first-order valence-electron chi connectivity index (χ1n) is 11.0. The lowest BCUT2D eigenvalue weighted by atomic mass is 10.0. The lowest BCUT2D eigenvalue weighted by Gasteiger charge is -2.20. The van der Waals surface area contributed by atoms with Gasteiger partial charge >= 0.3 is 0 Å². The molecule has 0 aromatic heterocycles. The van der Waals surface area contributed by atoms with Gasteiger partial charge in [-0.05, 0) is 60.7 Å². The Labute approximate surface area is 185 Å². The van der Waals surface area contributed by atoms with E-state index in [2.05, 4.69) is 22.9 Å². The van der Waals surface area contributed by atoms with Gasteiger partial charge in [-0.1, -0.05) is 39.3 Å². The summed E-state index contributed by atoms with van der Waals surface area (Å²) >= 11 is 0. The third kappa shape index (κ3) is 8.32. The van der Waals surface area contributed by atoms with Crippen LogP contribution in [0.1, 0.15) is 49.5 Å². The third-order valence-electron chi connectivity index (χ3n) is 4.93. The summed E-state index contributed by atoms with van der Waals surface area (Å²) < 4.78 is 5.15. The van der Waals surface area contributed by atoms with Gasteiger partial charge in [-0.3, -0.25) is 9.59 Å². The van der Waals surface area contributed by atoms with Gasteiger partial charge in [-0.2, -0.15) is 0 Å². The second kappa shape index (κ2) is 12.6. The zero-order valence-electron chi connectivity index (χ0n) is 19.0. The lowest BCUT2D eigenvalue weighted by Crippen LogP contribution is -2.48. The number of methoxy groups -OCH3 is 1. The lowest BCUT2D eigenvalue weighted by molar-refractivity contribution is -0.123. The molecule has 0 aliphatic carbocycles. The fourth-order valence-electron chi connectivity index (χ4n) is 3.28. The van der Waals surface area contributed by atoms with Gasteiger partial charge in [0, 0.05) is 24.3 Å². The Bertz CT molecular complexity index is 817. The van der Waals surface area contributed by atoms with Crippen LogP contribution in [0.4, 0.5) is 5.69 Å². The van der Waals surface area contributed by atoms with Crippen molar-refractivity contribution in [1.82, 2.24) is 10.6 Å². The monoisotopic (exact) mass is 425 g/mol. The SMILES string of the molecule is CCCc1ccc(C(=O)N[C@@H](CC(C)C)C(=O)NCCNc2ccc(OC)cc2)cc1. The molecule has 2 aromatic rings. The minimum absolute atomic E-state index is 0.166. The molecule has 6 heteroatoms. The number of rotatable bonds is 12. The van der Waals surface area contributed by atoms with Gasteiger partial charge in [0.05, 0.1) is 7.11 Å². The van der Waals surface area contributed by atoms with E-state index in [1.54, 1.807) is 7.11 Å². The minimum atomic E-state index is -0.566. The largest absolute Gasteiger partial charge is 0.497 e. The molecule has 6 nitrogen and oxygen atoms in total. The molecular formula is C25H35N3O3. The second-order valence-corrected chi connectivity index (χ2v) is 8.05. The molecule has 2 amide bonds. The van der Waals surface area contributed by atoms with Crippen molar-refractivity contribution < 1.29 is 14.3 Å². The molecule has 0 fully saturated rings. The van der Waals surface area contributed by atoms with E-state index >= 15 is 0 Å². The van der Waals surface area contributed by atoms with Gasteiger partial charge in [0.25, 0.3) is 5.91 Å². The maximum absolute atomic E-state index is 12.7. The molecule has 3 N–H and O–H groups in total. The van der Waals surface area contributed by atoms with E-state index < -0.39 is 6.04 Å². The van der Waals surface area contributed by atoms with Gasteiger partial charge in [-0.25, -0.2) is 0 Å². The molecule has 0 spiro atoms. The fraction of sp³-hybridized carbons (Fsp3) is 0.440. The molecule has 0 radical (unpaired) electrons. The Morgan fingerprint density at radius 3 is 2.23 bits per heavy atom. The van der Waals surface area contributed by atoms with Crippen LogP contribution in [-0.4, -0.2) is 38.1 Å². The van der Waals surface area contributed by atoms with E-state index in [1.165, 1.54) is 5.56 Å². The zero-order valence-corrected chi connectivity index (χ0v) is 19.0. The van der Waals surface area contributed by atoms with Crippen molar-refractivity contribution in [2.75, 3.05) is 25.5 Å². The summed E-state index contributed by atoms with van der Waals surface area (Å²) in [7, 11) is 1.63. The number of anilines is 1. The van der Waals surface area contributed by atoms with Gasteiger partial charge in [0.15, 0.2) is 0 Å². The molecule has 2 rings (SSSR count). The smallest absolute Gasteiger partial charge is 0.251 e. The standard InChI is InChI=1S/C25H35N3O3/c1-5-6-19-7-9-20(10-8-19)24(29)28-23(17-18(2)3)25(30)27-16-15-26-21-11-13-22(31-4)14-12-21/h7-14,18,23,26H,5-6,15-17H2,1-4H3,(H,27,30)(H,28,29)/t23-/m0/s1. The second-order valence-electron chi connectivity index (χ2n) is 8.05. The molecule has 31 heavy (non-hydrogen) atoms. The van der Waals surface area contributed by atoms with Crippen LogP contribution in [0.25, 0.3) is 0 Å². The van der Waals surface area contributed by atoms with Gasteiger partial charge < -0.3 is 20.7 Å². The molecule has 0 saturated heterocycles. The van der Waals surface area contributed by atoms with Crippen molar-refractivity contribution in [2.24, 2.45) is 5.92 Å².